The lowest BCUT2D eigenvalue weighted by Gasteiger charge is -2.11. The van der Waals surface area contributed by atoms with Crippen LogP contribution in [0.5, 0.6) is 0 Å². The van der Waals surface area contributed by atoms with Crippen molar-refractivity contribution in [2.75, 3.05) is 0 Å². The highest BCUT2D eigenvalue weighted by Crippen LogP contribution is 2.30. The van der Waals surface area contributed by atoms with Gasteiger partial charge in [0.2, 0.25) is 0 Å². The smallest absolute Gasteiger partial charge is 0.179 e. The Balaban J connectivity index is 1.91. The molecule has 0 spiro atoms. The number of carbonyl (C=O) groups excluding carboxylic acids is 1. The normalized spacial score (nSPS) is 14.5. The van der Waals surface area contributed by atoms with Crippen LogP contribution in [0.4, 0.5) is 0 Å². The van der Waals surface area contributed by atoms with Gasteiger partial charge in [0.25, 0.3) is 0 Å². The molecule has 0 amide bonds. The maximum atomic E-state index is 11.8. The summed E-state index contributed by atoms with van der Waals surface area (Å²) in [6.07, 6.45) is 7.47. The van der Waals surface area contributed by atoms with Crippen molar-refractivity contribution in [3.63, 3.8) is 0 Å². The zero-order valence-corrected chi connectivity index (χ0v) is 14.1. The first-order valence-electron chi connectivity index (χ1n) is 8.75. The standard InChI is InChI=1S/C25H16O/c26-20-11-12-21-19(15-20)16-24-23(21)14-13-22(17-7-3-1-4-8-17)25(24)18-9-5-2-6-10-18/h1-16H. The van der Waals surface area contributed by atoms with Crippen molar-refractivity contribution in [1.29, 1.82) is 0 Å². The van der Waals surface area contributed by atoms with Crippen LogP contribution in [0.15, 0.2) is 96.6 Å². The number of hydrogen-bond acceptors (Lipinski definition) is 1. The van der Waals surface area contributed by atoms with E-state index in [1.165, 1.54) is 32.7 Å². The highest BCUT2D eigenvalue weighted by atomic mass is 16.1. The summed E-state index contributed by atoms with van der Waals surface area (Å²) >= 11 is 0. The highest BCUT2D eigenvalue weighted by Gasteiger charge is 2.18. The van der Waals surface area contributed by atoms with Crippen molar-refractivity contribution in [3.05, 3.63) is 107 Å². The van der Waals surface area contributed by atoms with Crippen molar-refractivity contribution < 1.29 is 4.79 Å². The van der Waals surface area contributed by atoms with E-state index in [0.717, 1.165) is 11.1 Å². The van der Waals surface area contributed by atoms with Gasteiger partial charge in [0.15, 0.2) is 5.78 Å². The lowest BCUT2D eigenvalue weighted by molar-refractivity contribution is -0.110. The summed E-state index contributed by atoms with van der Waals surface area (Å²) in [4.78, 5) is 11.8. The Bertz CT molecular complexity index is 1210. The van der Waals surface area contributed by atoms with Gasteiger partial charge < -0.3 is 0 Å². The van der Waals surface area contributed by atoms with Gasteiger partial charge in [-0.2, -0.15) is 0 Å². The largest absolute Gasteiger partial charge is 0.290 e. The molecule has 0 bridgehead atoms. The van der Waals surface area contributed by atoms with Gasteiger partial charge in [-0.3, -0.25) is 4.79 Å². The lowest BCUT2D eigenvalue weighted by atomic mass is 9.92. The minimum Gasteiger partial charge on any atom is -0.290 e. The first kappa shape index (κ1) is 14.9. The Hall–Kier alpha value is -3.45. The molecule has 26 heavy (non-hydrogen) atoms. The minimum absolute atomic E-state index is 0.0531. The molecule has 1 heteroatoms. The summed E-state index contributed by atoms with van der Waals surface area (Å²) in [6, 6.07) is 25.3. The number of ketones is 1. The lowest BCUT2D eigenvalue weighted by Crippen LogP contribution is -2.25. The second-order valence-electron chi connectivity index (χ2n) is 6.57. The molecule has 5 rings (SSSR count). The molecule has 0 unspecified atom stereocenters. The quantitative estimate of drug-likeness (QED) is 0.692. The van der Waals surface area contributed by atoms with E-state index in [2.05, 4.69) is 66.7 Å². The Kier molecular flexibility index (Phi) is 3.32. The Morgan fingerprint density at radius 2 is 1.31 bits per heavy atom. The van der Waals surface area contributed by atoms with E-state index in [0.29, 0.717) is 0 Å². The van der Waals surface area contributed by atoms with Crippen molar-refractivity contribution in [1.82, 2.24) is 0 Å². The van der Waals surface area contributed by atoms with E-state index in [1.807, 2.05) is 18.2 Å². The second kappa shape index (κ2) is 5.82. The van der Waals surface area contributed by atoms with Crippen LogP contribution >= 0.6 is 0 Å². The summed E-state index contributed by atoms with van der Waals surface area (Å²) in [6.45, 7) is 0. The van der Waals surface area contributed by atoms with Gasteiger partial charge in [-0.1, -0.05) is 72.8 Å². The third kappa shape index (κ3) is 2.29. The molecule has 0 heterocycles. The van der Waals surface area contributed by atoms with E-state index in [-0.39, 0.29) is 5.78 Å². The van der Waals surface area contributed by atoms with Gasteiger partial charge in [0.1, 0.15) is 0 Å². The van der Waals surface area contributed by atoms with E-state index in [1.54, 1.807) is 12.2 Å². The maximum absolute atomic E-state index is 11.8. The molecular weight excluding hydrogens is 316 g/mol. The highest BCUT2D eigenvalue weighted by molar-refractivity contribution is 6.10. The van der Waals surface area contributed by atoms with E-state index >= 15 is 0 Å². The van der Waals surface area contributed by atoms with Gasteiger partial charge in [0, 0.05) is 0 Å². The molecule has 0 N–H and O–H groups in total. The Labute approximate surface area is 151 Å². The van der Waals surface area contributed by atoms with Crippen molar-refractivity contribution >= 4 is 17.4 Å². The molecule has 0 aromatic heterocycles. The molecular formula is C25H16O. The fraction of sp³-hybridized carbons (Fsp3) is 0. The molecule has 122 valence electrons. The molecule has 2 aliphatic carbocycles. The number of allylic oxidation sites excluding steroid dienone is 4. The van der Waals surface area contributed by atoms with Gasteiger partial charge in [0.05, 0.1) is 0 Å². The van der Waals surface area contributed by atoms with E-state index in [4.69, 9.17) is 0 Å². The van der Waals surface area contributed by atoms with Gasteiger partial charge in [-0.15, -0.1) is 0 Å². The minimum atomic E-state index is 0.0531. The molecule has 0 atom stereocenters. The monoisotopic (exact) mass is 332 g/mol. The third-order valence-corrected chi connectivity index (χ3v) is 5.01. The fourth-order valence-electron chi connectivity index (χ4n) is 3.84. The van der Waals surface area contributed by atoms with Crippen LogP contribution in [0.3, 0.4) is 0 Å². The molecule has 0 aliphatic heterocycles. The van der Waals surface area contributed by atoms with Crippen LogP contribution in [0, 0.1) is 0 Å². The van der Waals surface area contributed by atoms with E-state index < -0.39 is 0 Å². The summed E-state index contributed by atoms with van der Waals surface area (Å²) in [5.41, 5.74) is 6.96. The third-order valence-electron chi connectivity index (χ3n) is 5.01. The summed E-state index contributed by atoms with van der Waals surface area (Å²) in [5.74, 6) is 0.0531. The molecule has 1 nitrogen and oxygen atoms in total. The number of rotatable bonds is 2. The van der Waals surface area contributed by atoms with Crippen LogP contribution in [-0.4, -0.2) is 5.78 Å². The first-order valence-corrected chi connectivity index (χ1v) is 8.75. The number of carbonyl (C=O) groups is 1. The van der Waals surface area contributed by atoms with Gasteiger partial charge in [-0.05, 0) is 68.1 Å². The topological polar surface area (TPSA) is 17.1 Å². The summed E-state index contributed by atoms with van der Waals surface area (Å²) in [5, 5.41) is 2.39. The second-order valence-corrected chi connectivity index (χ2v) is 6.57. The maximum Gasteiger partial charge on any atom is 0.179 e. The van der Waals surface area contributed by atoms with Crippen molar-refractivity contribution in [3.8, 4) is 22.3 Å². The summed E-state index contributed by atoms with van der Waals surface area (Å²) in [7, 11) is 0. The average Bonchev–Trinajstić information content (AvgIpc) is 3.06. The SMILES string of the molecule is O=C1C=CC2=c3ccc(-c4ccccc4)c(-c4ccccc4)c3=CC2=C1. The Morgan fingerprint density at radius 3 is 2.04 bits per heavy atom. The van der Waals surface area contributed by atoms with Crippen LogP contribution in [0.2, 0.25) is 0 Å². The summed E-state index contributed by atoms with van der Waals surface area (Å²) < 4.78 is 0. The average molecular weight is 332 g/mol. The molecule has 0 saturated carbocycles. The predicted molar refractivity (Wildman–Crippen MR) is 107 cm³/mol. The van der Waals surface area contributed by atoms with Crippen LogP contribution in [0.25, 0.3) is 33.9 Å². The van der Waals surface area contributed by atoms with Crippen LogP contribution in [-0.2, 0) is 4.79 Å². The zero-order valence-electron chi connectivity index (χ0n) is 14.1. The molecule has 0 radical (unpaired) electrons. The van der Waals surface area contributed by atoms with E-state index in [9.17, 15) is 4.79 Å². The van der Waals surface area contributed by atoms with Crippen molar-refractivity contribution in [2.45, 2.75) is 0 Å². The van der Waals surface area contributed by atoms with Crippen molar-refractivity contribution in [2.24, 2.45) is 0 Å². The van der Waals surface area contributed by atoms with Gasteiger partial charge >= 0.3 is 0 Å². The molecule has 0 fully saturated rings. The predicted octanol–water partition coefficient (Wildman–Crippen LogP) is 4.03. The molecule has 3 aromatic carbocycles. The number of benzene rings is 3. The Morgan fingerprint density at radius 1 is 0.615 bits per heavy atom. The number of hydrogen-bond donors (Lipinski definition) is 0. The number of fused-ring (bicyclic) bond motifs is 2. The van der Waals surface area contributed by atoms with Crippen LogP contribution < -0.4 is 10.4 Å². The fourth-order valence-corrected chi connectivity index (χ4v) is 3.84. The molecule has 0 saturated heterocycles. The molecule has 3 aromatic rings. The molecule has 2 aliphatic rings. The zero-order chi connectivity index (χ0) is 17.5. The van der Waals surface area contributed by atoms with Crippen LogP contribution in [0.1, 0.15) is 0 Å². The van der Waals surface area contributed by atoms with Gasteiger partial charge in [-0.25, -0.2) is 0 Å². The first-order chi connectivity index (χ1) is 12.8.